The van der Waals surface area contributed by atoms with Crippen molar-refractivity contribution in [3.8, 4) is 5.75 Å². The molecular weight excluding hydrogens is 250 g/mol. The summed E-state index contributed by atoms with van der Waals surface area (Å²) >= 11 is 0. The van der Waals surface area contributed by atoms with Gasteiger partial charge in [-0.25, -0.2) is 4.98 Å². The standard InChI is InChI=1S/C16H15N3O/c1-17-16-10-18-13(9-19-16)11-20-15-8-4-6-12-5-2-3-7-14(12)15/h2-10H,11H2,1H3,(H,17,19). The maximum atomic E-state index is 5.86. The normalized spacial score (nSPS) is 10.4. The summed E-state index contributed by atoms with van der Waals surface area (Å²) in [5, 5.41) is 5.21. The van der Waals surface area contributed by atoms with Gasteiger partial charge in [0.25, 0.3) is 0 Å². The molecule has 100 valence electrons. The van der Waals surface area contributed by atoms with E-state index in [2.05, 4.69) is 33.5 Å². The molecule has 3 rings (SSSR count). The number of ether oxygens (including phenoxy) is 1. The molecule has 0 aliphatic heterocycles. The van der Waals surface area contributed by atoms with Gasteiger partial charge in [-0.15, -0.1) is 0 Å². The molecule has 1 heterocycles. The number of benzene rings is 2. The van der Waals surface area contributed by atoms with Crippen molar-refractivity contribution in [2.75, 3.05) is 12.4 Å². The first kappa shape index (κ1) is 12.4. The van der Waals surface area contributed by atoms with Gasteiger partial charge in [-0.3, -0.25) is 4.98 Å². The minimum Gasteiger partial charge on any atom is -0.487 e. The van der Waals surface area contributed by atoms with E-state index in [1.165, 1.54) is 5.39 Å². The van der Waals surface area contributed by atoms with Crippen LogP contribution < -0.4 is 10.1 Å². The Morgan fingerprint density at radius 3 is 2.65 bits per heavy atom. The van der Waals surface area contributed by atoms with Crippen molar-refractivity contribution >= 4 is 16.6 Å². The Morgan fingerprint density at radius 2 is 1.85 bits per heavy atom. The fourth-order valence-electron chi connectivity index (χ4n) is 2.03. The van der Waals surface area contributed by atoms with Crippen LogP contribution in [0.5, 0.6) is 5.75 Å². The first-order valence-electron chi connectivity index (χ1n) is 6.46. The van der Waals surface area contributed by atoms with Gasteiger partial charge < -0.3 is 10.1 Å². The molecule has 0 aliphatic carbocycles. The third-order valence-electron chi connectivity index (χ3n) is 3.09. The van der Waals surface area contributed by atoms with Gasteiger partial charge in [0, 0.05) is 12.4 Å². The largest absolute Gasteiger partial charge is 0.487 e. The van der Waals surface area contributed by atoms with Crippen molar-refractivity contribution in [1.82, 2.24) is 9.97 Å². The van der Waals surface area contributed by atoms with Gasteiger partial charge in [-0.05, 0) is 11.5 Å². The van der Waals surface area contributed by atoms with Crippen LogP contribution in [0.3, 0.4) is 0 Å². The summed E-state index contributed by atoms with van der Waals surface area (Å²) in [6.45, 7) is 0.408. The molecule has 1 N–H and O–H groups in total. The highest BCUT2D eigenvalue weighted by Gasteiger charge is 2.02. The lowest BCUT2D eigenvalue weighted by Crippen LogP contribution is -2.01. The fourth-order valence-corrected chi connectivity index (χ4v) is 2.03. The summed E-state index contributed by atoms with van der Waals surface area (Å²) in [5.41, 5.74) is 0.803. The summed E-state index contributed by atoms with van der Waals surface area (Å²) in [4.78, 5) is 8.51. The second kappa shape index (κ2) is 5.57. The van der Waals surface area contributed by atoms with Gasteiger partial charge in [0.05, 0.1) is 18.1 Å². The van der Waals surface area contributed by atoms with E-state index >= 15 is 0 Å². The quantitative estimate of drug-likeness (QED) is 0.786. The Morgan fingerprint density at radius 1 is 1.00 bits per heavy atom. The molecule has 4 heteroatoms. The number of hydrogen-bond acceptors (Lipinski definition) is 4. The molecule has 0 radical (unpaired) electrons. The SMILES string of the molecule is CNc1cnc(COc2cccc3ccccc23)cn1. The topological polar surface area (TPSA) is 47.0 Å². The number of aromatic nitrogens is 2. The number of rotatable bonds is 4. The molecule has 4 nitrogen and oxygen atoms in total. The second-order valence-electron chi connectivity index (χ2n) is 4.41. The van der Waals surface area contributed by atoms with Crippen LogP contribution in [-0.2, 0) is 6.61 Å². The van der Waals surface area contributed by atoms with Gasteiger partial charge in [0.2, 0.25) is 0 Å². The summed E-state index contributed by atoms with van der Waals surface area (Å²) in [7, 11) is 1.82. The van der Waals surface area contributed by atoms with Crippen LogP contribution in [0.1, 0.15) is 5.69 Å². The van der Waals surface area contributed by atoms with E-state index in [0.29, 0.717) is 6.61 Å². The molecular formula is C16H15N3O. The van der Waals surface area contributed by atoms with E-state index in [4.69, 9.17) is 4.74 Å². The summed E-state index contributed by atoms with van der Waals surface area (Å²) in [6, 6.07) is 14.2. The molecule has 0 unspecified atom stereocenters. The Hall–Kier alpha value is -2.62. The van der Waals surface area contributed by atoms with Gasteiger partial charge >= 0.3 is 0 Å². The van der Waals surface area contributed by atoms with Crippen LogP contribution in [0.15, 0.2) is 54.9 Å². The van der Waals surface area contributed by atoms with Crippen LogP contribution in [0, 0.1) is 0 Å². The van der Waals surface area contributed by atoms with E-state index < -0.39 is 0 Å². The zero-order valence-corrected chi connectivity index (χ0v) is 11.2. The average Bonchev–Trinajstić information content (AvgIpc) is 2.53. The first-order valence-corrected chi connectivity index (χ1v) is 6.46. The number of nitrogens with one attached hydrogen (secondary N) is 1. The van der Waals surface area contributed by atoms with Gasteiger partial charge in [-0.1, -0.05) is 36.4 Å². The highest BCUT2D eigenvalue weighted by molar-refractivity contribution is 5.88. The number of anilines is 1. The molecule has 3 aromatic rings. The van der Waals surface area contributed by atoms with Crippen LogP contribution in [0.2, 0.25) is 0 Å². The second-order valence-corrected chi connectivity index (χ2v) is 4.41. The first-order chi connectivity index (χ1) is 9.86. The van der Waals surface area contributed by atoms with Crippen LogP contribution in [0.25, 0.3) is 10.8 Å². The summed E-state index contributed by atoms with van der Waals surface area (Å²) in [5.74, 6) is 1.61. The van der Waals surface area contributed by atoms with E-state index in [-0.39, 0.29) is 0 Å². The molecule has 0 saturated carbocycles. The van der Waals surface area contributed by atoms with E-state index in [0.717, 1.165) is 22.6 Å². The smallest absolute Gasteiger partial charge is 0.144 e. The van der Waals surface area contributed by atoms with Gasteiger partial charge in [0.1, 0.15) is 18.2 Å². The molecule has 0 saturated heterocycles. The number of nitrogens with zero attached hydrogens (tertiary/aromatic N) is 2. The third-order valence-corrected chi connectivity index (χ3v) is 3.09. The van der Waals surface area contributed by atoms with Crippen molar-refractivity contribution in [3.05, 3.63) is 60.6 Å². The lowest BCUT2D eigenvalue weighted by Gasteiger charge is -2.09. The molecule has 20 heavy (non-hydrogen) atoms. The maximum Gasteiger partial charge on any atom is 0.144 e. The minimum absolute atomic E-state index is 0.408. The number of fused-ring (bicyclic) bond motifs is 1. The van der Waals surface area contributed by atoms with Crippen molar-refractivity contribution < 1.29 is 4.74 Å². The highest BCUT2D eigenvalue weighted by atomic mass is 16.5. The molecule has 0 amide bonds. The zero-order chi connectivity index (χ0) is 13.8. The summed E-state index contributed by atoms with van der Waals surface area (Å²) in [6.07, 6.45) is 3.42. The maximum absolute atomic E-state index is 5.86. The monoisotopic (exact) mass is 265 g/mol. The number of hydrogen-bond donors (Lipinski definition) is 1. The molecule has 0 atom stereocenters. The van der Waals surface area contributed by atoms with Gasteiger partial charge in [0.15, 0.2) is 0 Å². The minimum atomic E-state index is 0.408. The van der Waals surface area contributed by atoms with Crippen molar-refractivity contribution in [2.45, 2.75) is 6.61 Å². The predicted molar refractivity (Wildman–Crippen MR) is 79.9 cm³/mol. The van der Waals surface area contributed by atoms with Crippen molar-refractivity contribution in [3.63, 3.8) is 0 Å². The predicted octanol–water partition coefficient (Wildman–Crippen LogP) is 3.25. The van der Waals surface area contributed by atoms with Crippen molar-refractivity contribution in [1.29, 1.82) is 0 Å². The van der Waals surface area contributed by atoms with Crippen LogP contribution in [-0.4, -0.2) is 17.0 Å². The van der Waals surface area contributed by atoms with E-state index in [1.807, 2.05) is 31.3 Å². The lowest BCUT2D eigenvalue weighted by atomic mass is 10.1. The lowest BCUT2D eigenvalue weighted by molar-refractivity contribution is 0.304. The Labute approximate surface area is 117 Å². The molecule has 0 spiro atoms. The zero-order valence-electron chi connectivity index (χ0n) is 11.2. The Kier molecular flexibility index (Phi) is 3.46. The highest BCUT2D eigenvalue weighted by Crippen LogP contribution is 2.25. The van der Waals surface area contributed by atoms with Crippen LogP contribution >= 0.6 is 0 Å². The van der Waals surface area contributed by atoms with E-state index in [1.54, 1.807) is 12.4 Å². The van der Waals surface area contributed by atoms with E-state index in [9.17, 15) is 0 Å². The fraction of sp³-hybridized carbons (Fsp3) is 0.125. The third kappa shape index (κ3) is 2.54. The molecule has 1 aromatic heterocycles. The van der Waals surface area contributed by atoms with Crippen LogP contribution in [0.4, 0.5) is 5.82 Å². The molecule has 0 fully saturated rings. The average molecular weight is 265 g/mol. The Bertz CT molecular complexity index is 705. The van der Waals surface area contributed by atoms with Gasteiger partial charge in [-0.2, -0.15) is 0 Å². The van der Waals surface area contributed by atoms with Crippen molar-refractivity contribution in [2.24, 2.45) is 0 Å². The Balaban J connectivity index is 1.79. The summed E-state index contributed by atoms with van der Waals surface area (Å²) < 4.78 is 5.86. The molecule has 0 bridgehead atoms. The molecule has 0 aliphatic rings. The molecule has 2 aromatic carbocycles.